The van der Waals surface area contributed by atoms with Crippen LogP contribution in [0.25, 0.3) is 17.2 Å². The Morgan fingerprint density at radius 3 is 2.60 bits per heavy atom. The zero-order chi connectivity index (χ0) is 24.5. The Labute approximate surface area is 206 Å². The summed E-state index contributed by atoms with van der Waals surface area (Å²) in [6, 6.07) is 6.17. The number of rotatable bonds is 9. The maximum Gasteiger partial charge on any atom is 0.257 e. The van der Waals surface area contributed by atoms with Crippen LogP contribution < -0.4 is 4.74 Å². The number of nitrogens with zero attached hydrogens (tertiary/aromatic N) is 6. The van der Waals surface area contributed by atoms with E-state index < -0.39 is 0 Å². The molecule has 0 N–H and O–H groups in total. The van der Waals surface area contributed by atoms with Gasteiger partial charge in [-0.1, -0.05) is 19.9 Å². The molecule has 1 saturated carbocycles. The van der Waals surface area contributed by atoms with Crippen LogP contribution in [-0.4, -0.2) is 75.8 Å². The highest BCUT2D eigenvalue weighted by molar-refractivity contribution is 5.95. The molecule has 1 fully saturated rings. The molecule has 3 aromatic rings. The third kappa shape index (κ3) is 4.55. The van der Waals surface area contributed by atoms with E-state index in [-0.39, 0.29) is 5.91 Å². The SMILES string of the molecule is CCN(CC)CCN(C)C(=O)c1cnn(-c2ncc3c(n2)-c2cc(OC)ccc2CC3)c1C1CC1. The summed E-state index contributed by atoms with van der Waals surface area (Å²) in [5.41, 5.74) is 6.00. The fourth-order valence-electron chi connectivity index (χ4n) is 4.88. The van der Waals surface area contributed by atoms with Gasteiger partial charge in [-0.3, -0.25) is 4.79 Å². The molecule has 8 heteroatoms. The largest absolute Gasteiger partial charge is 0.497 e. The van der Waals surface area contributed by atoms with Gasteiger partial charge in [0, 0.05) is 37.8 Å². The Morgan fingerprint density at radius 2 is 1.89 bits per heavy atom. The summed E-state index contributed by atoms with van der Waals surface area (Å²) in [6.45, 7) is 7.80. The fraction of sp³-hybridized carbons (Fsp3) is 0.481. The summed E-state index contributed by atoms with van der Waals surface area (Å²) in [4.78, 5) is 27.2. The van der Waals surface area contributed by atoms with Crippen molar-refractivity contribution in [3.05, 3.63) is 53.0 Å². The minimum absolute atomic E-state index is 0.0124. The Kier molecular flexibility index (Phi) is 6.56. The monoisotopic (exact) mass is 474 g/mol. The van der Waals surface area contributed by atoms with Gasteiger partial charge >= 0.3 is 0 Å². The molecule has 0 unspecified atom stereocenters. The van der Waals surface area contributed by atoms with Crippen molar-refractivity contribution in [1.82, 2.24) is 29.5 Å². The number of amides is 1. The number of hydrogen-bond acceptors (Lipinski definition) is 6. The van der Waals surface area contributed by atoms with E-state index in [4.69, 9.17) is 9.72 Å². The van der Waals surface area contributed by atoms with Gasteiger partial charge in [0.05, 0.1) is 30.3 Å². The van der Waals surface area contributed by atoms with E-state index in [9.17, 15) is 4.79 Å². The Hall–Kier alpha value is -3.26. The first-order valence-corrected chi connectivity index (χ1v) is 12.6. The molecule has 0 saturated heterocycles. The number of fused-ring (bicyclic) bond motifs is 3. The zero-order valence-electron chi connectivity index (χ0n) is 21.1. The van der Waals surface area contributed by atoms with Crippen molar-refractivity contribution >= 4 is 5.91 Å². The topological polar surface area (TPSA) is 76.4 Å². The number of methoxy groups -OCH3 is 1. The number of benzene rings is 1. The smallest absolute Gasteiger partial charge is 0.257 e. The second kappa shape index (κ2) is 9.77. The third-order valence-electron chi connectivity index (χ3n) is 7.27. The van der Waals surface area contributed by atoms with Gasteiger partial charge < -0.3 is 14.5 Å². The van der Waals surface area contributed by atoms with E-state index >= 15 is 0 Å². The van der Waals surface area contributed by atoms with Crippen LogP contribution in [0.3, 0.4) is 0 Å². The maximum absolute atomic E-state index is 13.4. The summed E-state index contributed by atoms with van der Waals surface area (Å²) >= 11 is 0. The Morgan fingerprint density at radius 1 is 1.11 bits per heavy atom. The van der Waals surface area contributed by atoms with Gasteiger partial charge in [-0.05, 0) is 62.0 Å². The highest BCUT2D eigenvalue weighted by Gasteiger charge is 2.34. The van der Waals surface area contributed by atoms with E-state index in [2.05, 4.69) is 41.0 Å². The predicted molar refractivity (Wildman–Crippen MR) is 135 cm³/mol. The molecule has 35 heavy (non-hydrogen) atoms. The molecule has 2 aliphatic rings. The van der Waals surface area contributed by atoms with Gasteiger partial charge in [-0.25, -0.2) is 14.6 Å². The third-order valence-corrected chi connectivity index (χ3v) is 7.27. The molecule has 0 aliphatic heterocycles. The molecule has 0 radical (unpaired) electrons. The molecule has 5 rings (SSSR count). The second-order valence-corrected chi connectivity index (χ2v) is 9.45. The van der Waals surface area contributed by atoms with E-state index in [1.807, 2.05) is 24.2 Å². The normalized spacial score (nSPS) is 14.5. The molecule has 8 nitrogen and oxygen atoms in total. The van der Waals surface area contributed by atoms with Crippen LogP contribution in [0.4, 0.5) is 0 Å². The van der Waals surface area contributed by atoms with Crippen molar-refractivity contribution < 1.29 is 9.53 Å². The average molecular weight is 475 g/mol. The number of likely N-dealkylation sites (N-methyl/N-ethyl adjacent to an activating group) is 2. The minimum atomic E-state index is 0.0124. The molecule has 1 aromatic carbocycles. The summed E-state index contributed by atoms with van der Waals surface area (Å²) in [7, 11) is 3.56. The van der Waals surface area contributed by atoms with Crippen LogP contribution in [0, 0.1) is 0 Å². The van der Waals surface area contributed by atoms with Crippen LogP contribution in [0.5, 0.6) is 5.75 Å². The molecule has 2 heterocycles. The molecular weight excluding hydrogens is 440 g/mol. The summed E-state index contributed by atoms with van der Waals surface area (Å²) in [5, 5.41) is 4.63. The highest BCUT2D eigenvalue weighted by atomic mass is 16.5. The molecular formula is C27H34N6O2. The van der Waals surface area contributed by atoms with Crippen molar-refractivity contribution in [1.29, 1.82) is 0 Å². The number of hydrogen-bond donors (Lipinski definition) is 0. The number of carbonyl (C=O) groups is 1. The van der Waals surface area contributed by atoms with E-state index in [1.165, 1.54) is 5.56 Å². The van der Waals surface area contributed by atoms with E-state index in [1.54, 1.807) is 18.0 Å². The minimum Gasteiger partial charge on any atom is -0.497 e. The molecule has 2 aromatic heterocycles. The zero-order valence-corrected chi connectivity index (χ0v) is 21.1. The molecule has 1 amide bonds. The average Bonchev–Trinajstić information content (AvgIpc) is 3.65. The van der Waals surface area contributed by atoms with Crippen molar-refractivity contribution in [2.24, 2.45) is 0 Å². The van der Waals surface area contributed by atoms with Crippen molar-refractivity contribution in [2.75, 3.05) is 40.3 Å². The number of carbonyl (C=O) groups excluding carboxylic acids is 1. The quantitative estimate of drug-likeness (QED) is 0.470. The van der Waals surface area contributed by atoms with E-state index in [0.717, 1.165) is 73.6 Å². The Balaban J connectivity index is 1.47. The molecule has 184 valence electrons. The first kappa shape index (κ1) is 23.5. The van der Waals surface area contributed by atoms with Crippen LogP contribution in [0.1, 0.15) is 59.8 Å². The van der Waals surface area contributed by atoms with Crippen LogP contribution in [-0.2, 0) is 12.8 Å². The number of aromatic nitrogens is 4. The number of aryl methyl sites for hydroxylation is 2. The lowest BCUT2D eigenvalue weighted by molar-refractivity contribution is 0.0778. The van der Waals surface area contributed by atoms with Gasteiger partial charge in [0.25, 0.3) is 11.9 Å². The highest BCUT2D eigenvalue weighted by Crippen LogP contribution is 2.43. The summed E-state index contributed by atoms with van der Waals surface area (Å²) in [5.74, 6) is 1.67. The summed E-state index contributed by atoms with van der Waals surface area (Å²) in [6.07, 6.45) is 7.59. The maximum atomic E-state index is 13.4. The fourth-order valence-corrected chi connectivity index (χ4v) is 4.88. The molecule has 0 atom stereocenters. The Bertz CT molecular complexity index is 1230. The molecule has 0 bridgehead atoms. The van der Waals surface area contributed by atoms with Crippen molar-refractivity contribution in [3.63, 3.8) is 0 Å². The van der Waals surface area contributed by atoms with Gasteiger partial charge in [0.15, 0.2) is 0 Å². The van der Waals surface area contributed by atoms with Gasteiger partial charge in [0.1, 0.15) is 5.75 Å². The van der Waals surface area contributed by atoms with Gasteiger partial charge in [-0.15, -0.1) is 0 Å². The number of ether oxygens (including phenoxy) is 1. The first-order chi connectivity index (χ1) is 17.0. The van der Waals surface area contributed by atoms with Gasteiger partial charge in [0.2, 0.25) is 0 Å². The predicted octanol–water partition coefficient (Wildman–Crippen LogP) is 3.73. The van der Waals surface area contributed by atoms with Crippen LogP contribution in [0.15, 0.2) is 30.6 Å². The molecule has 2 aliphatic carbocycles. The van der Waals surface area contributed by atoms with Gasteiger partial charge in [-0.2, -0.15) is 5.10 Å². The lowest BCUT2D eigenvalue weighted by Crippen LogP contribution is -2.36. The first-order valence-electron chi connectivity index (χ1n) is 12.6. The van der Waals surface area contributed by atoms with Crippen LogP contribution >= 0.6 is 0 Å². The standard InChI is InChI=1S/C27H34N6O2/c1-5-32(6-2)14-13-31(3)26(34)23-17-29-33(25(23)19-8-9-19)27-28-16-20-10-7-18-11-12-21(35-4)15-22(18)24(20)30-27/h11-12,15-17,19H,5-10,13-14H2,1-4H3. The van der Waals surface area contributed by atoms with E-state index in [0.29, 0.717) is 24.0 Å². The lowest BCUT2D eigenvalue weighted by atomic mass is 9.90. The van der Waals surface area contributed by atoms with Crippen molar-refractivity contribution in [3.8, 4) is 23.0 Å². The van der Waals surface area contributed by atoms with Crippen LogP contribution in [0.2, 0.25) is 0 Å². The molecule has 0 spiro atoms. The second-order valence-electron chi connectivity index (χ2n) is 9.45. The van der Waals surface area contributed by atoms with Crippen molar-refractivity contribution in [2.45, 2.75) is 45.4 Å². The lowest BCUT2D eigenvalue weighted by Gasteiger charge is -2.23. The summed E-state index contributed by atoms with van der Waals surface area (Å²) < 4.78 is 7.25.